The molecule has 9 heteroatoms. The molecule has 1 N–H and O–H groups in total. The molecular formula is C25H30N4O3S2. The maximum atomic E-state index is 13.3. The van der Waals surface area contributed by atoms with Gasteiger partial charge in [0.15, 0.2) is 15.0 Å². The summed E-state index contributed by atoms with van der Waals surface area (Å²) in [5.41, 5.74) is 6.27. The van der Waals surface area contributed by atoms with Gasteiger partial charge < -0.3 is 15.1 Å². The number of anilines is 2. The minimum Gasteiger partial charge on any atom is -0.368 e. The maximum Gasteiger partial charge on any atom is 0.254 e. The van der Waals surface area contributed by atoms with Crippen LogP contribution in [0.4, 0.5) is 11.4 Å². The molecule has 3 aliphatic heterocycles. The van der Waals surface area contributed by atoms with E-state index in [1.165, 1.54) is 28.6 Å². The van der Waals surface area contributed by atoms with Crippen molar-refractivity contribution in [2.75, 3.05) is 47.9 Å². The molecule has 2 aromatic rings. The van der Waals surface area contributed by atoms with Crippen molar-refractivity contribution in [1.29, 1.82) is 0 Å². The van der Waals surface area contributed by atoms with Crippen LogP contribution in [0.5, 0.6) is 0 Å². The molecule has 0 aliphatic carbocycles. The number of hydrogen-bond acceptors (Lipinski definition) is 7. The van der Waals surface area contributed by atoms with Crippen LogP contribution < -0.4 is 10.2 Å². The Kier molecular flexibility index (Phi) is 6.10. The topological polar surface area (TPSA) is 82.1 Å². The van der Waals surface area contributed by atoms with Gasteiger partial charge in [0.2, 0.25) is 0 Å². The summed E-state index contributed by atoms with van der Waals surface area (Å²) < 4.78 is 23.6. The zero-order valence-corrected chi connectivity index (χ0v) is 21.4. The molecule has 0 unspecified atom stereocenters. The van der Waals surface area contributed by atoms with Crippen LogP contribution in [0.2, 0.25) is 0 Å². The number of fused-ring (bicyclic) bond motifs is 1. The molecule has 3 heterocycles. The van der Waals surface area contributed by atoms with Gasteiger partial charge in [-0.15, -0.1) is 0 Å². The average Bonchev–Trinajstić information content (AvgIpc) is 3.29. The van der Waals surface area contributed by atoms with Crippen LogP contribution in [-0.2, 0) is 9.84 Å². The first-order valence-electron chi connectivity index (χ1n) is 11.6. The number of amides is 1. The van der Waals surface area contributed by atoms with E-state index in [1.54, 1.807) is 0 Å². The molecule has 2 saturated heterocycles. The number of aryl methyl sites for hydroxylation is 3. The largest absolute Gasteiger partial charge is 0.368 e. The van der Waals surface area contributed by atoms with E-state index in [-0.39, 0.29) is 28.7 Å². The molecule has 0 aromatic heterocycles. The van der Waals surface area contributed by atoms with E-state index in [2.05, 4.69) is 47.3 Å². The van der Waals surface area contributed by atoms with Crippen LogP contribution in [0.1, 0.15) is 27.0 Å². The quantitative estimate of drug-likeness (QED) is 0.700. The molecule has 0 bridgehead atoms. The maximum absolute atomic E-state index is 13.3. The molecule has 2 fully saturated rings. The number of rotatable bonds is 3. The van der Waals surface area contributed by atoms with E-state index in [0.29, 0.717) is 18.7 Å². The third-order valence-electron chi connectivity index (χ3n) is 6.82. The first-order chi connectivity index (χ1) is 16.2. The van der Waals surface area contributed by atoms with Gasteiger partial charge in [-0.2, -0.15) is 0 Å². The summed E-state index contributed by atoms with van der Waals surface area (Å²) in [5.74, 6) is 0.344. The Morgan fingerprint density at radius 1 is 1.00 bits per heavy atom. The lowest BCUT2D eigenvalue weighted by atomic mass is 10.1. The first-order valence-corrected chi connectivity index (χ1v) is 14.3. The zero-order valence-electron chi connectivity index (χ0n) is 19.7. The van der Waals surface area contributed by atoms with Crippen molar-refractivity contribution in [3.63, 3.8) is 0 Å². The number of thioether (sulfide) groups is 1. The highest BCUT2D eigenvalue weighted by molar-refractivity contribution is 8.15. The van der Waals surface area contributed by atoms with Crippen LogP contribution in [0.25, 0.3) is 0 Å². The Labute approximate surface area is 205 Å². The summed E-state index contributed by atoms with van der Waals surface area (Å²) in [6, 6.07) is 12.1. The van der Waals surface area contributed by atoms with Crippen LogP contribution in [0, 0.1) is 20.8 Å². The Bertz CT molecular complexity index is 1270. The van der Waals surface area contributed by atoms with Crippen molar-refractivity contribution in [3.05, 3.63) is 58.7 Å². The van der Waals surface area contributed by atoms with E-state index in [0.717, 1.165) is 29.5 Å². The summed E-state index contributed by atoms with van der Waals surface area (Å²) >= 11 is 1.49. The number of sulfone groups is 1. The second-order valence-electron chi connectivity index (χ2n) is 9.46. The molecule has 5 rings (SSSR count). The summed E-state index contributed by atoms with van der Waals surface area (Å²) in [6.07, 6.45) is 0. The second-order valence-corrected chi connectivity index (χ2v) is 12.8. The number of aliphatic imine (C=N–C) groups is 1. The summed E-state index contributed by atoms with van der Waals surface area (Å²) in [5, 5.41) is 4.07. The minimum absolute atomic E-state index is 0.00837. The van der Waals surface area contributed by atoms with Crippen molar-refractivity contribution in [1.82, 2.24) is 4.90 Å². The fourth-order valence-electron chi connectivity index (χ4n) is 4.81. The molecule has 3 aliphatic rings. The lowest BCUT2D eigenvalue weighted by molar-refractivity contribution is 0.0747. The number of carbonyl (C=O) groups is 1. The molecule has 1 amide bonds. The van der Waals surface area contributed by atoms with Crippen molar-refractivity contribution in [2.45, 2.75) is 32.1 Å². The number of carbonyl (C=O) groups excluding carboxylic acids is 1. The van der Waals surface area contributed by atoms with Crippen molar-refractivity contribution >= 4 is 44.0 Å². The summed E-state index contributed by atoms with van der Waals surface area (Å²) in [6.45, 7) is 9.22. The average molecular weight is 499 g/mol. The van der Waals surface area contributed by atoms with E-state index < -0.39 is 9.84 Å². The number of nitrogens with zero attached hydrogens (tertiary/aromatic N) is 3. The zero-order chi connectivity index (χ0) is 24.0. The van der Waals surface area contributed by atoms with Crippen LogP contribution in [0.3, 0.4) is 0 Å². The lowest BCUT2D eigenvalue weighted by Crippen LogP contribution is -2.49. The van der Waals surface area contributed by atoms with E-state index in [9.17, 15) is 13.2 Å². The van der Waals surface area contributed by atoms with Gasteiger partial charge in [0.05, 0.1) is 17.5 Å². The fourth-order valence-corrected chi connectivity index (χ4v) is 8.48. The molecule has 180 valence electrons. The third-order valence-corrected chi connectivity index (χ3v) is 9.96. The van der Waals surface area contributed by atoms with Gasteiger partial charge in [-0.1, -0.05) is 30.0 Å². The lowest BCUT2D eigenvalue weighted by Gasteiger charge is -2.37. The number of nitrogens with one attached hydrogen (secondary N) is 1. The van der Waals surface area contributed by atoms with Crippen molar-refractivity contribution in [2.24, 2.45) is 4.99 Å². The Balaban J connectivity index is 1.25. The Hall–Kier alpha value is -2.52. The van der Waals surface area contributed by atoms with Crippen LogP contribution in [0.15, 0.2) is 41.4 Å². The van der Waals surface area contributed by atoms with Crippen molar-refractivity contribution in [3.8, 4) is 0 Å². The molecule has 2 atom stereocenters. The Morgan fingerprint density at radius 2 is 1.74 bits per heavy atom. The van der Waals surface area contributed by atoms with Gasteiger partial charge >= 0.3 is 0 Å². The summed E-state index contributed by atoms with van der Waals surface area (Å²) in [7, 11) is -2.98. The SMILES string of the molecule is Cc1ccc(C)c(N2CCN(C(=O)c3ccc(C)c(NC4=N[C@@H]5CS(=O)(=O)C[C@@H]5S4)c3)CC2)c1. The van der Waals surface area contributed by atoms with E-state index in [1.807, 2.05) is 30.0 Å². The normalized spacial score (nSPS) is 23.6. The monoisotopic (exact) mass is 498 g/mol. The molecule has 2 aromatic carbocycles. The van der Waals surface area contributed by atoms with E-state index >= 15 is 0 Å². The van der Waals surface area contributed by atoms with Gasteiger partial charge in [0.25, 0.3) is 5.91 Å². The molecule has 0 radical (unpaired) electrons. The van der Waals surface area contributed by atoms with Gasteiger partial charge in [-0.05, 0) is 55.7 Å². The number of benzene rings is 2. The minimum atomic E-state index is -2.98. The smallest absolute Gasteiger partial charge is 0.254 e. The number of amidine groups is 1. The number of hydrogen-bond donors (Lipinski definition) is 1. The highest BCUT2D eigenvalue weighted by Crippen LogP contribution is 2.35. The third kappa shape index (κ3) is 4.68. The Morgan fingerprint density at radius 3 is 2.47 bits per heavy atom. The van der Waals surface area contributed by atoms with Gasteiger partial charge in [-0.3, -0.25) is 9.79 Å². The van der Waals surface area contributed by atoms with Crippen LogP contribution >= 0.6 is 11.8 Å². The standard InChI is InChI=1S/C25H30N4O3S2/c1-16-4-5-18(3)22(12-16)28-8-10-29(11-9-28)24(30)19-7-6-17(2)20(13-19)26-25-27-21-14-34(31,32)15-23(21)33-25/h4-7,12-13,21,23H,8-11,14-15H2,1-3H3,(H,26,27)/t21-,23+/m1/s1. The highest BCUT2D eigenvalue weighted by Gasteiger charge is 2.42. The fraction of sp³-hybridized carbons (Fsp3) is 0.440. The molecule has 0 spiro atoms. The van der Waals surface area contributed by atoms with E-state index in [4.69, 9.17) is 0 Å². The molecule has 7 nitrogen and oxygen atoms in total. The summed E-state index contributed by atoms with van der Waals surface area (Å²) in [4.78, 5) is 22.1. The number of piperazine rings is 1. The molecular weight excluding hydrogens is 468 g/mol. The van der Waals surface area contributed by atoms with Gasteiger partial charge in [0.1, 0.15) is 0 Å². The first kappa shape index (κ1) is 23.2. The van der Waals surface area contributed by atoms with Gasteiger partial charge in [-0.25, -0.2) is 8.42 Å². The molecule has 0 saturated carbocycles. The second kappa shape index (κ2) is 8.92. The van der Waals surface area contributed by atoms with Gasteiger partial charge in [0, 0.05) is 48.4 Å². The predicted octanol–water partition coefficient (Wildman–Crippen LogP) is 3.25. The predicted molar refractivity (Wildman–Crippen MR) is 140 cm³/mol. The van der Waals surface area contributed by atoms with Crippen molar-refractivity contribution < 1.29 is 13.2 Å². The highest BCUT2D eigenvalue weighted by atomic mass is 32.2. The van der Waals surface area contributed by atoms with Crippen LogP contribution in [-0.4, -0.2) is 73.4 Å². The molecule has 34 heavy (non-hydrogen) atoms.